The Balaban J connectivity index is 0. The van der Waals surface area contributed by atoms with Crippen LogP contribution in [0.15, 0.2) is 0 Å². The first-order valence-electron chi connectivity index (χ1n) is 0. The standard InChI is InChI=1S/Pt.Re.Rh.Ru. The van der Waals surface area contributed by atoms with E-state index in [9.17, 15) is 0 Å². The van der Waals surface area contributed by atoms with Gasteiger partial charge >= 0.3 is 0 Å². The topological polar surface area (TPSA) is 0 Å². The van der Waals surface area contributed by atoms with Crippen LogP contribution in [0.3, 0.4) is 0 Å². The Hall–Kier alpha value is 2.60. The van der Waals surface area contributed by atoms with Gasteiger partial charge in [-0.05, 0) is 0 Å². The maximum absolute atomic E-state index is 0. The summed E-state index contributed by atoms with van der Waals surface area (Å²) in [6.45, 7) is 0. The van der Waals surface area contributed by atoms with Crippen molar-refractivity contribution in [3.63, 3.8) is 0 Å². The van der Waals surface area contributed by atoms with Crippen LogP contribution in [-0.4, -0.2) is 0 Å². The Kier molecular flexibility index (Phi) is 134. The number of hydrogen-bond donors (Lipinski definition) is 0. The van der Waals surface area contributed by atoms with E-state index in [2.05, 4.69) is 0 Å². The average Bonchev–Trinajstić information content (AvgIpc) is 0. The summed E-state index contributed by atoms with van der Waals surface area (Å²) in [6.07, 6.45) is 0. The summed E-state index contributed by atoms with van der Waals surface area (Å²) in [4.78, 5) is 0. The van der Waals surface area contributed by atoms with Gasteiger partial charge in [0, 0.05) is 80.4 Å². The number of rotatable bonds is 0. The molecule has 0 aliphatic carbocycles. The summed E-state index contributed by atoms with van der Waals surface area (Å²) < 4.78 is 0. The Morgan fingerprint density at radius 1 is 1.00 bits per heavy atom. The van der Waals surface area contributed by atoms with Gasteiger partial charge in [0.05, 0.1) is 0 Å². The minimum Gasteiger partial charge on any atom is 0 e. The summed E-state index contributed by atoms with van der Waals surface area (Å²) in [5.74, 6) is 0. The molecule has 0 atom stereocenters. The van der Waals surface area contributed by atoms with Crippen molar-refractivity contribution >= 4 is 0 Å². The molecule has 0 bridgehead atoms. The van der Waals surface area contributed by atoms with Crippen LogP contribution in [0.1, 0.15) is 0 Å². The van der Waals surface area contributed by atoms with Crippen LogP contribution in [0.5, 0.6) is 0 Å². The van der Waals surface area contributed by atoms with E-state index in [1.54, 1.807) is 0 Å². The molecular formula is PtReRhRu. The quantitative estimate of drug-likeness (QED) is 0.352. The van der Waals surface area contributed by atoms with Crippen LogP contribution in [0.2, 0.25) is 0 Å². The molecule has 0 aromatic carbocycles. The van der Waals surface area contributed by atoms with E-state index in [1.165, 1.54) is 0 Å². The van der Waals surface area contributed by atoms with Crippen LogP contribution in [0, 0.1) is 0 Å². The molecule has 0 N–H and O–H groups in total. The third-order valence-electron chi connectivity index (χ3n) is 0. The van der Waals surface area contributed by atoms with Gasteiger partial charge < -0.3 is 0 Å². The third-order valence-corrected chi connectivity index (χ3v) is 0. The molecule has 0 saturated heterocycles. The first kappa shape index (κ1) is 30.6. The molecule has 0 aromatic heterocycles. The smallest absolute Gasteiger partial charge is 0 e. The predicted octanol–water partition coefficient (Wildman–Crippen LogP) is -0.0100. The number of hydrogen-bond acceptors (Lipinski definition) is 0. The van der Waals surface area contributed by atoms with E-state index in [0.717, 1.165) is 0 Å². The largest absolute Gasteiger partial charge is 0 e. The van der Waals surface area contributed by atoms with Crippen LogP contribution in [0.25, 0.3) is 0 Å². The van der Waals surface area contributed by atoms with Crippen LogP contribution < -0.4 is 0 Å². The minimum absolute atomic E-state index is 0. The molecular weight excluding hydrogens is 585 g/mol. The van der Waals surface area contributed by atoms with Crippen molar-refractivity contribution in [1.29, 1.82) is 0 Å². The molecule has 0 rings (SSSR count). The Morgan fingerprint density at radius 3 is 1.00 bits per heavy atom. The van der Waals surface area contributed by atoms with Gasteiger partial charge in [-0.25, -0.2) is 0 Å². The zero-order valence-corrected chi connectivity index (χ0v) is 9.75. The van der Waals surface area contributed by atoms with Gasteiger partial charge in [-0.2, -0.15) is 0 Å². The Bertz CT molecular complexity index is 8.00. The normalized spacial score (nSPS) is 0. The minimum atomic E-state index is 0. The molecule has 34 valence electrons. The molecule has 0 aliphatic heterocycles. The van der Waals surface area contributed by atoms with Crippen molar-refractivity contribution in [1.82, 2.24) is 0 Å². The molecule has 0 aromatic rings. The van der Waals surface area contributed by atoms with Crippen LogP contribution in [-0.2, 0) is 80.4 Å². The van der Waals surface area contributed by atoms with E-state index in [1.807, 2.05) is 0 Å². The van der Waals surface area contributed by atoms with Crippen molar-refractivity contribution in [2.75, 3.05) is 0 Å². The van der Waals surface area contributed by atoms with E-state index in [-0.39, 0.29) is 80.4 Å². The predicted molar refractivity (Wildman–Crippen MR) is 0 cm³/mol. The fraction of sp³-hybridized carbons (Fsp3) is 0. The molecule has 0 fully saturated rings. The summed E-state index contributed by atoms with van der Waals surface area (Å²) in [5.41, 5.74) is 0. The SMILES string of the molecule is [Pt].[Re].[Rh].[Ru]. The van der Waals surface area contributed by atoms with Crippen LogP contribution in [0.4, 0.5) is 0 Å². The molecule has 0 spiro atoms. The van der Waals surface area contributed by atoms with Gasteiger partial charge in [0.15, 0.2) is 0 Å². The van der Waals surface area contributed by atoms with Gasteiger partial charge in [0.2, 0.25) is 0 Å². The fourth-order valence-electron chi connectivity index (χ4n) is 0. The van der Waals surface area contributed by atoms with Gasteiger partial charge in [-0.3, -0.25) is 0 Å². The van der Waals surface area contributed by atoms with Gasteiger partial charge in [0.25, 0.3) is 0 Å². The zero-order chi connectivity index (χ0) is 0. The van der Waals surface area contributed by atoms with E-state index < -0.39 is 0 Å². The van der Waals surface area contributed by atoms with Crippen molar-refractivity contribution < 1.29 is 80.4 Å². The second-order valence-electron chi connectivity index (χ2n) is 0. The maximum atomic E-state index is 0. The fourth-order valence-corrected chi connectivity index (χ4v) is 0. The molecule has 0 unspecified atom stereocenters. The van der Waals surface area contributed by atoms with Crippen molar-refractivity contribution in [2.24, 2.45) is 0 Å². The van der Waals surface area contributed by atoms with Crippen molar-refractivity contribution in [3.05, 3.63) is 0 Å². The summed E-state index contributed by atoms with van der Waals surface area (Å²) >= 11 is 0. The molecule has 0 heterocycles. The Morgan fingerprint density at radius 2 is 1.00 bits per heavy atom. The van der Waals surface area contributed by atoms with E-state index in [4.69, 9.17) is 0 Å². The first-order valence-corrected chi connectivity index (χ1v) is 0. The molecule has 0 saturated carbocycles. The molecule has 2 radical (unpaired) electrons. The summed E-state index contributed by atoms with van der Waals surface area (Å²) in [7, 11) is 0. The molecule has 0 nitrogen and oxygen atoms in total. The van der Waals surface area contributed by atoms with Crippen molar-refractivity contribution in [3.8, 4) is 0 Å². The van der Waals surface area contributed by atoms with Gasteiger partial charge in [0.1, 0.15) is 0 Å². The van der Waals surface area contributed by atoms with Crippen molar-refractivity contribution in [2.45, 2.75) is 0 Å². The second kappa shape index (κ2) is 17.5. The molecule has 0 amide bonds. The first-order chi connectivity index (χ1) is 0. The zero-order valence-electron chi connectivity index (χ0n) is 1.38. The maximum Gasteiger partial charge on any atom is 0 e. The van der Waals surface area contributed by atoms with E-state index in [0.29, 0.717) is 0 Å². The average molecular weight is 585 g/mol. The van der Waals surface area contributed by atoms with E-state index >= 15 is 0 Å². The molecule has 4 heteroatoms. The van der Waals surface area contributed by atoms with Crippen LogP contribution >= 0.6 is 0 Å². The summed E-state index contributed by atoms with van der Waals surface area (Å²) in [5, 5.41) is 0. The molecule has 0 aliphatic rings. The molecule has 4 heavy (non-hydrogen) atoms. The van der Waals surface area contributed by atoms with Gasteiger partial charge in [-0.15, -0.1) is 0 Å². The summed E-state index contributed by atoms with van der Waals surface area (Å²) in [6, 6.07) is 0. The van der Waals surface area contributed by atoms with Gasteiger partial charge in [-0.1, -0.05) is 0 Å². The third kappa shape index (κ3) is 8.82. The Labute approximate surface area is 79.3 Å². The monoisotopic (exact) mass is 587 g/mol. The second-order valence-corrected chi connectivity index (χ2v) is 0.